The summed E-state index contributed by atoms with van der Waals surface area (Å²) in [6.07, 6.45) is 18.7. The molecule has 5 heteroatoms. The molecule has 1 atom stereocenters. The Morgan fingerprint density at radius 2 is 1.12 bits per heavy atom. The molecule has 0 heterocycles. The average Bonchev–Trinajstić information content (AvgIpc) is 2.53. The van der Waals surface area contributed by atoms with E-state index in [0.29, 0.717) is 6.42 Å². The Morgan fingerprint density at radius 1 is 0.792 bits per heavy atom. The minimum Gasteiger partial charge on any atom is -0.476 e. The number of aliphatic carboxylic acids is 1. The Kier molecular flexibility index (Phi) is 15.9. The fourth-order valence-corrected chi connectivity index (χ4v) is 3.03. The fraction of sp³-hybridized carbons (Fsp3) is 0.947. The van der Waals surface area contributed by atoms with Gasteiger partial charge in [0.25, 0.3) is 0 Å². The van der Waals surface area contributed by atoms with Crippen molar-refractivity contribution in [3.8, 4) is 0 Å². The Balaban J connectivity index is 3.23. The molecule has 0 aromatic carbocycles. The average molecular weight is 344 g/mol. The van der Waals surface area contributed by atoms with E-state index in [1.165, 1.54) is 70.6 Å². The first kappa shape index (κ1) is 22.9. The number of carbonyl (C=O) groups is 1. The molecular formula is C19H37NO4. The highest BCUT2D eigenvalue weighted by atomic mass is 16.6. The number of nitrogens with zero attached hydrogens (tertiary/aromatic N) is 1. The molecule has 0 aliphatic heterocycles. The molecule has 0 spiro atoms. The van der Waals surface area contributed by atoms with Crippen LogP contribution in [0, 0.1) is 10.1 Å². The van der Waals surface area contributed by atoms with Crippen LogP contribution in [-0.2, 0) is 4.79 Å². The highest BCUT2D eigenvalue weighted by Gasteiger charge is 2.27. The van der Waals surface area contributed by atoms with Gasteiger partial charge in [-0.15, -0.1) is 0 Å². The van der Waals surface area contributed by atoms with E-state index in [2.05, 4.69) is 6.92 Å². The molecule has 0 amide bonds. The van der Waals surface area contributed by atoms with Crippen LogP contribution in [0.25, 0.3) is 0 Å². The largest absolute Gasteiger partial charge is 0.476 e. The van der Waals surface area contributed by atoms with Crippen molar-refractivity contribution in [3.63, 3.8) is 0 Å². The molecule has 24 heavy (non-hydrogen) atoms. The molecule has 142 valence electrons. The predicted molar refractivity (Wildman–Crippen MR) is 98.0 cm³/mol. The van der Waals surface area contributed by atoms with E-state index >= 15 is 0 Å². The van der Waals surface area contributed by atoms with Crippen molar-refractivity contribution >= 4 is 5.97 Å². The summed E-state index contributed by atoms with van der Waals surface area (Å²) in [6, 6.07) is -1.42. The van der Waals surface area contributed by atoms with Crippen molar-refractivity contribution in [1.29, 1.82) is 0 Å². The van der Waals surface area contributed by atoms with E-state index in [0.717, 1.165) is 19.3 Å². The topological polar surface area (TPSA) is 80.4 Å². The summed E-state index contributed by atoms with van der Waals surface area (Å²) < 4.78 is 0. The molecule has 0 aliphatic rings. The summed E-state index contributed by atoms with van der Waals surface area (Å²) in [5.41, 5.74) is 0. The minimum absolute atomic E-state index is 0.153. The van der Waals surface area contributed by atoms with Crippen molar-refractivity contribution in [2.24, 2.45) is 0 Å². The molecule has 0 saturated carbocycles. The zero-order chi connectivity index (χ0) is 18.0. The van der Waals surface area contributed by atoms with Gasteiger partial charge in [0.05, 0.1) is 0 Å². The SMILES string of the molecule is CCCCCCCCCCCCCCCCCC(C(=O)O)[N+](=O)[O-]. The van der Waals surface area contributed by atoms with Gasteiger partial charge in [0.1, 0.15) is 0 Å². The van der Waals surface area contributed by atoms with Crippen LogP contribution in [0.5, 0.6) is 0 Å². The second-order valence-corrected chi connectivity index (χ2v) is 6.88. The first-order chi connectivity index (χ1) is 11.6. The Bertz CT molecular complexity index is 306. The third kappa shape index (κ3) is 14.5. The van der Waals surface area contributed by atoms with E-state index in [1.807, 2.05) is 0 Å². The Morgan fingerprint density at radius 3 is 1.42 bits per heavy atom. The molecule has 1 unspecified atom stereocenters. The summed E-state index contributed by atoms with van der Waals surface area (Å²) in [5, 5.41) is 19.3. The van der Waals surface area contributed by atoms with Crippen LogP contribution in [0.3, 0.4) is 0 Å². The van der Waals surface area contributed by atoms with Crippen molar-refractivity contribution in [1.82, 2.24) is 0 Å². The molecule has 0 aromatic rings. The lowest BCUT2D eigenvalue weighted by atomic mass is 10.0. The lowest BCUT2D eigenvalue weighted by molar-refractivity contribution is -0.511. The maximum absolute atomic E-state index is 10.7. The number of carboxylic acids is 1. The van der Waals surface area contributed by atoms with Crippen LogP contribution in [-0.4, -0.2) is 22.0 Å². The number of rotatable bonds is 18. The molecule has 1 N–H and O–H groups in total. The number of hydrogen-bond donors (Lipinski definition) is 1. The molecule has 0 aromatic heterocycles. The van der Waals surface area contributed by atoms with E-state index < -0.39 is 16.9 Å². The monoisotopic (exact) mass is 343 g/mol. The third-order valence-electron chi connectivity index (χ3n) is 4.62. The van der Waals surface area contributed by atoms with Gasteiger partial charge in [0, 0.05) is 11.3 Å². The minimum atomic E-state index is -1.42. The maximum atomic E-state index is 10.7. The summed E-state index contributed by atoms with van der Waals surface area (Å²) in [4.78, 5) is 20.5. The van der Waals surface area contributed by atoms with Crippen LogP contribution >= 0.6 is 0 Å². The highest BCUT2D eigenvalue weighted by molar-refractivity contribution is 5.71. The van der Waals surface area contributed by atoms with Gasteiger partial charge in [-0.05, 0) is 6.42 Å². The highest BCUT2D eigenvalue weighted by Crippen LogP contribution is 2.14. The van der Waals surface area contributed by atoms with Crippen LogP contribution in [0.2, 0.25) is 0 Å². The summed E-state index contributed by atoms with van der Waals surface area (Å²) in [7, 11) is 0. The standard InChI is InChI=1S/C19H37NO4/c1-2-3-4-5-6-7-8-9-10-11-12-13-14-15-16-17-18(19(21)22)20(23)24/h18H,2-17H2,1H3,(H,21,22). The fourth-order valence-electron chi connectivity index (χ4n) is 3.03. The van der Waals surface area contributed by atoms with Crippen LogP contribution < -0.4 is 0 Å². The number of unbranched alkanes of at least 4 members (excludes halogenated alkanes) is 14. The van der Waals surface area contributed by atoms with Gasteiger partial charge in [0.15, 0.2) is 0 Å². The van der Waals surface area contributed by atoms with Gasteiger partial charge in [-0.25, -0.2) is 4.79 Å². The first-order valence-corrected chi connectivity index (χ1v) is 9.96. The molecular weight excluding hydrogens is 306 g/mol. The van der Waals surface area contributed by atoms with Crippen molar-refractivity contribution in [2.75, 3.05) is 0 Å². The molecule has 0 rings (SSSR count). The molecule has 0 aliphatic carbocycles. The van der Waals surface area contributed by atoms with Gasteiger partial charge < -0.3 is 5.11 Å². The Labute approximate surface area is 147 Å². The van der Waals surface area contributed by atoms with Crippen molar-refractivity contribution in [2.45, 2.75) is 116 Å². The third-order valence-corrected chi connectivity index (χ3v) is 4.62. The van der Waals surface area contributed by atoms with E-state index in [1.54, 1.807) is 0 Å². The quantitative estimate of drug-likeness (QED) is 0.189. The molecule has 0 bridgehead atoms. The lowest BCUT2D eigenvalue weighted by Crippen LogP contribution is -2.28. The maximum Gasteiger partial charge on any atom is 0.379 e. The normalized spacial score (nSPS) is 12.2. The predicted octanol–water partition coefficient (Wildman–Crippen LogP) is 5.98. The van der Waals surface area contributed by atoms with Crippen LogP contribution in [0.15, 0.2) is 0 Å². The van der Waals surface area contributed by atoms with Crippen molar-refractivity contribution in [3.05, 3.63) is 10.1 Å². The van der Waals surface area contributed by atoms with E-state index in [4.69, 9.17) is 5.11 Å². The van der Waals surface area contributed by atoms with Gasteiger partial charge >= 0.3 is 12.0 Å². The lowest BCUT2D eigenvalue weighted by Gasteiger charge is -2.05. The summed E-state index contributed by atoms with van der Waals surface area (Å²) in [5.74, 6) is -1.31. The Hall–Kier alpha value is -1.13. The smallest absolute Gasteiger partial charge is 0.379 e. The van der Waals surface area contributed by atoms with E-state index in [-0.39, 0.29) is 6.42 Å². The zero-order valence-electron chi connectivity index (χ0n) is 15.5. The molecule has 5 nitrogen and oxygen atoms in total. The second kappa shape index (κ2) is 16.7. The van der Waals surface area contributed by atoms with Gasteiger partial charge in [-0.2, -0.15) is 0 Å². The summed E-state index contributed by atoms with van der Waals surface area (Å²) >= 11 is 0. The first-order valence-electron chi connectivity index (χ1n) is 9.96. The molecule has 0 radical (unpaired) electrons. The van der Waals surface area contributed by atoms with Gasteiger partial charge in [0.2, 0.25) is 0 Å². The number of nitro groups is 1. The number of carboxylic acid groups (broad SMARTS) is 1. The zero-order valence-corrected chi connectivity index (χ0v) is 15.5. The molecule has 0 fully saturated rings. The van der Waals surface area contributed by atoms with E-state index in [9.17, 15) is 14.9 Å². The van der Waals surface area contributed by atoms with Gasteiger partial charge in [-0.1, -0.05) is 96.8 Å². The van der Waals surface area contributed by atoms with Crippen LogP contribution in [0.4, 0.5) is 0 Å². The van der Waals surface area contributed by atoms with Crippen molar-refractivity contribution < 1.29 is 14.8 Å². The second-order valence-electron chi connectivity index (χ2n) is 6.88. The van der Waals surface area contributed by atoms with Crippen LogP contribution in [0.1, 0.15) is 110 Å². The molecule has 0 saturated heterocycles. The van der Waals surface area contributed by atoms with Gasteiger partial charge in [-0.3, -0.25) is 10.1 Å². The summed E-state index contributed by atoms with van der Waals surface area (Å²) in [6.45, 7) is 2.25. The number of hydrogen-bond acceptors (Lipinski definition) is 3.